The van der Waals surface area contributed by atoms with E-state index >= 15 is 0 Å². The maximum absolute atomic E-state index is 2.34. The van der Waals surface area contributed by atoms with Gasteiger partial charge in [-0.2, -0.15) is 0 Å². The van der Waals surface area contributed by atoms with Gasteiger partial charge in [0.1, 0.15) is 6.42 Å². The largest absolute Gasteiger partial charge is 0.109 e. The summed E-state index contributed by atoms with van der Waals surface area (Å²) in [4.78, 5) is 0. The topological polar surface area (TPSA) is 0 Å². The molecule has 10 heavy (non-hydrogen) atoms. The molecule has 0 aromatic carbocycles. The van der Waals surface area contributed by atoms with Crippen molar-refractivity contribution in [3.05, 3.63) is 17.6 Å². The summed E-state index contributed by atoms with van der Waals surface area (Å²) in [5.41, 5.74) is 3.09. The van der Waals surface area contributed by atoms with Crippen LogP contribution in [0.3, 0.4) is 0 Å². The van der Waals surface area contributed by atoms with Gasteiger partial charge in [-0.25, -0.2) is 0 Å². The molecule has 0 nitrogen and oxygen atoms in total. The van der Waals surface area contributed by atoms with E-state index in [4.69, 9.17) is 0 Å². The highest BCUT2D eigenvalue weighted by Crippen LogP contribution is 2.14. The smallest absolute Gasteiger partial charge is 0.0730 e. The first-order valence-corrected chi connectivity index (χ1v) is 4.19. The molecule has 0 radical (unpaired) electrons. The second kappa shape index (κ2) is 5.40. The van der Waals surface area contributed by atoms with E-state index in [0.717, 1.165) is 0 Å². The number of hydrogen-bond donors (Lipinski definition) is 0. The maximum Gasteiger partial charge on any atom is 0.109 e. The number of rotatable bonds is 4. The molecule has 0 fully saturated rings. The molecule has 0 saturated heterocycles. The first kappa shape index (κ1) is 9.61. The number of hydrogen-bond acceptors (Lipinski definition) is 0. The molecular formula is C10H19+. The molecule has 0 aromatic rings. The molecule has 0 rings (SSSR count). The van der Waals surface area contributed by atoms with Crippen LogP contribution in [0.4, 0.5) is 0 Å². The van der Waals surface area contributed by atoms with E-state index in [2.05, 4.69) is 34.1 Å². The van der Waals surface area contributed by atoms with Crippen LogP contribution in [0.15, 0.2) is 11.1 Å². The first-order valence-electron chi connectivity index (χ1n) is 4.19. The Balaban J connectivity index is 3.73. The van der Waals surface area contributed by atoms with Gasteiger partial charge in [0.05, 0.1) is 12.8 Å². The fourth-order valence-corrected chi connectivity index (χ4v) is 1.02. The van der Waals surface area contributed by atoms with E-state index < -0.39 is 0 Å². The van der Waals surface area contributed by atoms with Crippen molar-refractivity contribution in [1.82, 2.24) is 0 Å². The van der Waals surface area contributed by atoms with E-state index in [1.165, 1.54) is 24.8 Å². The van der Waals surface area contributed by atoms with Gasteiger partial charge in [-0.3, -0.25) is 0 Å². The van der Waals surface area contributed by atoms with Crippen LogP contribution in [0.2, 0.25) is 0 Å². The zero-order chi connectivity index (χ0) is 7.98. The van der Waals surface area contributed by atoms with E-state index in [-0.39, 0.29) is 0 Å². The molecule has 58 valence electrons. The van der Waals surface area contributed by atoms with Gasteiger partial charge in [0, 0.05) is 0 Å². The van der Waals surface area contributed by atoms with Crippen molar-refractivity contribution in [3.8, 4) is 0 Å². The first-order chi connectivity index (χ1) is 4.72. The van der Waals surface area contributed by atoms with Crippen molar-refractivity contribution in [2.75, 3.05) is 0 Å². The Kier molecular flexibility index (Phi) is 5.19. The normalized spacial score (nSPS) is 9.20. The fourth-order valence-electron chi connectivity index (χ4n) is 1.02. The number of unbranched alkanes of at least 4 members (excludes halogenated alkanes) is 1. The minimum Gasteiger partial charge on any atom is -0.0730 e. The molecule has 0 saturated carbocycles. The van der Waals surface area contributed by atoms with Crippen LogP contribution in [0.1, 0.15) is 47.0 Å². The van der Waals surface area contributed by atoms with Crippen molar-refractivity contribution in [3.63, 3.8) is 0 Å². The molecule has 0 aliphatic heterocycles. The highest BCUT2D eigenvalue weighted by Gasteiger charge is 2.01. The molecule has 0 aliphatic rings. The lowest BCUT2D eigenvalue weighted by Crippen LogP contribution is -1.85. The minimum absolute atomic E-state index is 1.19. The van der Waals surface area contributed by atoms with Gasteiger partial charge in [-0.05, 0) is 32.8 Å². The van der Waals surface area contributed by atoms with Crippen LogP contribution < -0.4 is 0 Å². The second-order valence-electron chi connectivity index (χ2n) is 2.86. The van der Waals surface area contributed by atoms with Crippen molar-refractivity contribution in [1.29, 1.82) is 0 Å². The van der Waals surface area contributed by atoms with Crippen LogP contribution >= 0.6 is 0 Å². The second-order valence-corrected chi connectivity index (χ2v) is 2.86. The van der Waals surface area contributed by atoms with Crippen LogP contribution in [0.5, 0.6) is 0 Å². The summed E-state index contributed by atoms with van der Waals surface area (Å²) < 4.78 is 0. The third-order valence-corrected chi connectivity index (χ3v) is 1.81. The Morgan fingerprint density at radius 3 is 2.10 bits per heavy atom. The van der Waals surface area contributed by atoms with Crippen LogP contribution in [0.25, 0.3) is 0 Å². The lowest BCUT2D eigenvalue weighted by atomic mass is 10.0. The molecule has 0 unspecified atom stereocenters. The Bertz CT molecular complexity index is 105. The van der Waals surface area contributed by atoms with Crippen LogP contribution in [-0.2, 0) is 0 Å². The average Bonchev–Trinajstić information content (AvgIpc) is 1.89. The van der Waals surface area contributed by atoms with E-state index in [0.29, 0.717) is 0 Å². The van der Waals surface area contributed by atoms with Gasteiger partial charge in [0.15, 0.2) is 0 Å². The van der Waals surface area contributed by atoms with Gasteiger partial charge in [0.25, 0.3) is 0 Å². The quantitative estimate of drug-likeness (QED) is 0.411. The number of allylic oxidation sites excluding steroid dienone is 2. The summed E-state index contributed by atoms with van der Waals surface area (Å²) in [7, 11) is 0. The molecule has 0 heterocycles. The predicted octanol–water partition coefficient (Wildman–Crippen LogP) is 3.74. The Hall–Kier alpha value is -0.390. The molecule has 0 aromatic heterocycles. The summed E-state index contributed by atoms with van der Waals surface area (Å²) in [6, 6.07) is 0. The predicted molar refractivity (Wildman–Crippen MR) is 47.9 cm³/mol. The van der Waals surface area contributed by atoms with E-state index in [1.807, 2.05) is 0 Å². The minimum atomic E-state index is 1.19. The molecule has 0 amide bonds. The van der Waals surface area contributed by atoms with E-state index in [1.54, 1.807) is 5.57 Å². The van der Waals surface area contributed by atoms with Gasteiger partial charge in [-0.1, -0.05) is 12.5 Å². The summed E-state index contributed by atoms with van der Waals surface area (Å²) in [5.74, 6) is 0. The molecule has 0 aliphatic carbocycles. The van der Waals surface area contributed by atoms with Crippen molar-refractivity contribution in [2.45, 2.75) is 47.0 Å². The third kappa shape index (κ3) is 3.60. The van der Waals surface area contributed by atoms with E-state index in [9.17, 15) is 0 Å². The Morgan fingerprint density at radius 1 is 1.20 bits per heavy atom. The average molecular weight is 139 g/mol. The monoisotopic (exact) mass is 139 g/mol. The van der Waals surface area contributed by atoms with Gasteiger partial charge < -0.3 is 0 Å². The molecule has 0 bridgehead atoms. The Morgan fingerprint density at radius 2 is 1.80 bits per heavy atom. The molecule has 0 N–H and O–H groups in total. The zero-order valence-electron chi connectivity index (χ0n) is 7.70. The molecular weight excluding hydrogens is 120 g/mol. The fraction of sp³-hybridized carbons (Fsp3) is 0.700. The highest BCUT2D eigenvalue weighted by atomic mass is 14.0. The van der Waals surface area contributed by atoms with Gasteiger partial charge in [0.2, 0.25) is 0 Å². The van der Waals surface area contributed by atoms with Crippen molar-refractivity contribution in [2.24, 2.45) is 0 Å². The standard InChI is InChI=1S/C10H19/c1-5-7-8-10(6-2)9(3)4/h7H,5-6,8H2,1-4H3/q+1. The molecule has 0 atom stereocenters. The van der Waals surface area contributed by atoms with Crippen molar-refractivity contribution >= 4 is 0 Å². The van der Waals surface area contributed by atoms with Gasteiger partial charge in [-0.15, -0.1) is 0 Å². The Labute approximate surface area is 65.3 Å². The third-order valence-electron chi connectivity index (χ3n) is 1.81. The summed E-state index contributed by atoms with van der Waals surface area (Å²) in [6.45, 7) is 8.81. The van der Waals surface area contributed by atoms with Crippen LogP contribution in [0, 0.1) is 6.42 Å². The lowest BCUT2D eigenvalue weighted by molar-refractivity contribution is 0.908. The van der Waals surface area contributed by atoms with Gasteiger partial charge >= 0.3 is 0 Å². The zero-order valence-corrected chi connectivity index (χ0v) is 7.70. The summed E-state index contributed by atoms with van der Waals surface area (Å²) in [6.07, 6.45) is 5.93. The molecule has 0 heteroatoms. The van der Waals surface area contributed by atoms with Crippen LogP contribution in [-0.4, -0.2) is 0 Å². The maximum atomic E-state index is 2.34. The highest BCUT2D eigenvalue weighted by molar-refractivity contribution is 5.11. The SMILES string of the molecule is CC[CH+]CC(CC)=C(C)C. The van der Waals surface area contributed by atoms with Crippen molar-refractivity contribution < 1.29 is 0 Å². The lowest BCUT2D eigenvalue weighted by Gasteiger charge is -1.99. The summed E-state index contributed by atoms with van der Waals surface area (Å²) >= 11 is 0. The molecule has 0 spiro atoms. The summed E-state index contributed by atoms with van der Waals surface area (Å²) in [5, 5.41) is 0.